The molecule has 3 rings (SSSR count). The van der Waals surface area contributed by atoms with Crippen LogP contribution in [0.5, 0.6) is 0 Å². The molecule has 1 fully saturated rings. The van der Waals surface area contributed by atoms with E-state index in [1.54, 1.807) is 18.5 Å². The SMILES string of the molecule is O=C(O)COC1(c2ccncc2Br)CCN(C(=O)OCc2ccccc2)C1. The number of rotatable bonds is 6. The molecule has 1 aromatic carbocycles. The summed E-state index contributed by atoms with van der Waals surface area (Å²) in [4.78, 5) is 29.1. The van der Waals surface area contributed by atoms with Crippen molar-refractivity contribution >= 4 is 28.0 Å². The van der Waals surface area contributed by atoms with E-state index in [2.05, 4.69) is 20.9 Å². The van der Waals surface area contributed by atoms with Crippen LogP contribution in [0.4, 0.5) is 4.79 Å². The zero-order chi connectivity index (χ0) is 19.3. The predicted octanol–water partition coefficient (Wildman–Crippen LogP) is 3.18. The molecule has 1 amide bonds. The van der Waals surface area contributed by atoms with Crippen LogP contribution in [0.1, 0.15) is 17.5 Å². The number of ether oxygens (including phenoxy) is 2. The Labute approximate surface area is 165 Å². The lowest BCUT2D eigenvalue weighted by Gasteiger charge is -2.30. The van der Waals surface area contributed by atoms with E-state index in [1.807, 2.05) is 30.3 Å². The minimum absolute atomic E-state index is 0.179. The average molecular weight is 435 g/mol. The van der Waals surface area contributed by atoms with Crippen LogP contribution in [0.25, 0.3) is 0 Å². The third-order valence-corrected chi connectivity index (χ3v) is 5.06. The van der Waals surface area contributed by atoms with Gasteiger partial charge in [-0.05, 0) is 27.6 Å². The molecule has 8 heteroatoms. The Balaban J connectivity index is 1.72. The number of carbonyl (C=O) groups is 2. The number of aromatic nitrogens is 1. The van der Waals surface area contributed by atoms with Crippen LogP contribution in [0.2, 0.25) is 0 Å². The first-order valence-electron chi connectivity index (χ1n) is 8.41. The average Bonchev–Trinajstić information content (AvgIpc) is 3.11. The van der Waals surface area contributed by atoms with Gasteiger partial charge >= 0.3 is 12.1 Å². The number of likely N-dealkylation sites (tertiary alicyclic amines) is 1. The molecule has 0 spiro atoms. The van der Waals surface area contributed by atoms with Crippen molar-refractivity contribution in [2.45, 2.75) is 18.6 Å². The summed E-state index contributed by atoms with van der Waals surface area (Å²) in [5.41, 5.74) is 0.735. The van der Waals surface area contributed by atoms with E-state index in [9.17, 15) is 9.59 Å². The van der Waals surface area contributed by atoms with Crippen LogP contribution in [0.3, 0.4) is 0 Å². The lowest BCUT2D eigenvalue weighted by molar-refractivity contribution is -0.149. The van der Waals surface area contributed by atoms with E-state index in [0.717, 1.165) is 11.1 Å². The zero-order valence-electron chi connectivity index (χ0n) is 14.5. The standard InChI is InChI=1S/C19H19BrN2O5/c20-16-10-21-8-6-15(16)19(27-12-17(23)24)7-9-22(13-19)18(25)26-11-14-4-2-1-3-5-14/h1-6,8,10H,7,9,11-13H2,(H,23,24). The highest BCUT2D eigenvalue weighted by atomic mass is 79.9. The Hall–Kier alpha value is -2.45. The summed E-state index contributed by atoms with van der Waals surface area (Å²) in [7, 11) is 0. The number of carbonyl (C=O) groups excluding carboxylic acids is 1. The van der Waals surface area contributed by atoms with Crippen molar-refractivity contribution in [3.63, 3.8) is 0 Å². The number of carboxylic acids is 1. The summed E-state index contributed by atoms with van der Waals surface area (Å²) in [5.74, 6) is -1.07. The molecule has 0 radical (unpaired) electrons. The quantitative estimate of drug-likeness (QED) is 0.750. The molecule has 0 bridgehead atoms. The fourth-order valence-corrected chi connectivity index (χ4v) is 3.72. The molecule has 142 valence electrons. The summed E-state index contributed by atoms with van der Waals surface area (Å²) < 4.78 is 11.8. The van der Waals surface area contributed by atoms with E-state index >= 15 is 0 Å². The maximum Gasteiger partial charge on any atom is 0.410 e. The molecule has 1 N–H and O–H groups in total. The van der Waals surface area contributed by atoms with Crippen LogP contribution in [0.15, 0.2) is 53.3 Å². The number of pyridine rings is 1. The number of benzene rings is 1. The van der Waals surface area contributed by atoms with E-state index in [4.69, 9.17) is 14.6 Å². The van der Waals surface area contributed by atoms with Gasteiger partial charge in [0.1, 0.15) is 18.8 Å². The highest BCUT2D eigenvalue weighted by molar-refractivity contribution is 9.10. The minimum Gasteiger partial charge on any atom is -0.480 e. The molecule has 1 aliphatic rings. The van der Waals surface area contributed by atoms with Gasteiger partial charge in [0, 0.05) is 35.4 Å². The maximum absolute atomic E-state index is 12.5. The second kappa shape index (κ2) is 8.49. The second-order valence-electron chi connectivity index (χ2n) is 6.24. The lowest BCUT2D eigenvalue weighted by Crippen LogP contribution is -2.38. The number of amides is 1. The van der Waals surface area contributed by atoms with Crippen LogP contribution in [-0.2, 0) is 26.5 Å². The third-order valence-electron chi connectivity index (χ3n) is 4.43. The first-order chi connectivity index (χ1) is 13.0. The van der Waals surface area contributed by atoms with Crippen molar-refractivity contribution in [2.75, 3.05) is 19.7 Å². The Morgan fingerprint density at radius 2 is 2.04 bits per heavy atom. The van der Waals surface area contributed by atoms with Crippen molar-refractivity contribution < 1.29 is 24.2 Å². The van der Waals surface area contributed by atoms with Gasteiger partial charge < -0.3 is 19.5 Å². The molecule has 27 heavy (non-hydrogen) atoms. The van der Waals surface area contributed by atoms with Gasteiger partial charge in [0.25, 0.3) is 0 Å². The monoisotopic (exact) mass is 434 g/mol. The van der Waals surface area contributed by atoms with Crippen LogP contribution in [-0.4, -0.2) is 46.7 Å². The summed E-state index contributed by atoms with van der Waals surface area (Å²) in [6.07, 6.45) is 3.24. The highest BCUT2D eigenvalue weighted by Gasteiger charge is 2.44. The van der Waals surface area contributed by atoms with Crippen LogP contribution < -0.4 is 0 Å². The first kappa shape index (κ1) is 19.3. The highest BCUT2D eigenvalue weighted by Crippen LogP contribution is 2.39. The number of hydrogen-bond acceptors (Lipinski definition) is 5. The Kier molecular flexibility index (Phi) is 6.08. The van der Waals surface area contributed by atoms with Crippen molar-refractivity contribution in [3.8, 4) is 0 Å². The maximum atomic E-state index is 12.5. The predicted molar refractivity (Wildman–Crippen MR) is 100 cm³/mol. The van der Waals surface area contributed by atoms with Gasteiger partial charge in [-0.25, -0.2) is 9.59 Å². The van der Waals surface area contributed by atoms with E-state index in [1.165, 1.54) is 4.90 Å². The number of halogens is 1. The van der Waals surface area contributed by atoms with Crippen LogP contribution >= 0.6 is 15.9 Å². The smallest absolute Gasteiger partial charge is 0.410 e. The summed E-state index contributed by atoms with van der Waals surface area (Å²) in [6, 6.07) is 11.2. The number of carboxylic acid groups (broad SMARTS) is 1. The van der Waals surface area contributed by atoms with Crippen molar-refractivity contribution in [2.24, 2.45) is 0 Å². The summed E-state index contributed by atoms with van der Waals surface area (Å²) >= 11 is 3.44. The summed E-state index contributed by atoms with van der Waals surface area (Å²) in [6.45, 7) is 0.332. The Bertz CT molecular complexity index is 817. The molecule has 1 unspecified atom stereocenters. The molecule has 0 saturated carbocycles. The van der Waals surface area contributed by atoms with Gasteiger partial charge in [0.15, 0.2) is 0 Å². The second-order valence-corrected chi connectivity index (χ2v) is 7.10. The topological polar surface area (TPSA) is 89.0 Å². The molecular weight excluding hydrogens is 416 g/mol. The first-order valence-corrected chi connectivity index (χ1v) is 9.21. The fourth-order valence-electron chi connectivity index (χ4n) is 3.11. The van der Waals surface area contributed by atoms with Gasteiger partial charge in [-0.1, -0.05) is 30.3 Å². The van der Waals surface area contributed by atoms with Gasteiger partial charge in [0.05, 0.1) is 6.54 Å². The van der Waals surface area contributed by atoms with Gasteiger partial charge in [-0.2, -0.15) is 0 Å². The number of nitrogens with zero attached hydrogens (tertiary/aromatic N) is 2. The molecule has 1 aromatic heterocycles. The van der Waals surface area contributed by atoms with Gasteiger partial charge in [-0.15, -0.1) is 0 Å². The molecule has 1 aliphatic heterocycles. The third kappa shape index (κ3) is 4.64. The number of hydrogen-bond donors (Lipinski definition) is 1. The van der Waals surface area contributed by atoms with Crippen molar-refractivity contribution in [1.29, 1.82) is 0 Å². The fraction of sp³-hybridized carbons (Fsp3) is 0.316. The molecular formula is C19H19BrN2O5. The molecule has 2 aromatic rings. The van der Waals surface area contributed by atoms with E-state index in [-0.39, 0.29) is 13.2 Å². The van der Waals surface area contributed by atoms with Gasteiger partial charge in [-0.3, -0.25) is 4.98 Å². The van der Waals surface area contributed by atoms with E-state index in [0.29, 0.717) is 17.4 Å². The lowest BCUT2D eigenvalue weighted by atomic mass is 9.93. The van der Waals surface area contributed by atoms with Crippen molar-refractivity contribution in [1.82, 2.24) is 9.88 Å². The van der Waals surface area contributed by atoms with E-state index < -0.39 is 24.3 Å². The van der Waals surface area contributed by atoms with Crippen LogP contribution in [0, 0.1) is 0 Å². The summed E-state index contributed by atoms with van der Waals surface area (Å²) in [5, 5.41) is 9.04. The molecule has 2 heterocycles. The minimum atomic E-state index is -1.07. The molecule has 1 atom stereocenters. The number of aliphatic carboxylic acids is 1. The normalized spacial score (nSPS) is 19.1. The largest absolute Gasteiger partial charge is 0.480 e. The molecule has 7 nitrogen and oxygen atoms in total. The van der Waals surface area contributed by atoms with Gasteiger partial charge in [0.2, 0.25) is 0 Å². The molecule has 0 aliphatic carbocycles. The Morgan fingerprint density at radius 3 is 2.74 bits per heavy atom. The zero-order valence-corrected chi connectivity index (χ0v) is 16.1. The van der Waals surface area contributed by atoms with Crippen molar-refractivity contribution in [3.05, 3.63) is 64.4 Å². The molecule has 1 saturated heterocycles. The Morgan fingerprint density at radius 1 is 1.26 bits per heavy atom.